The molecular formula is C15H16N4O2. The summed E-state index contributed by atoms with van der Waals surface area (Å²) in [5.74, 6) is -0.381. The van der Waals surface area contributed by atoms with Gasteiger partial charge in [0.05, 0.1) is 36.7 Å². The summed E-state index contributed by atoms with van der Waals surface area (Å²) in [4.78, 5) is 11.8. The summed E-state index contributed by atoms with van der Waals surface area (Å²) in [6.07, 6.45) is 1.50. The van der Waals surface area contributed by atoms with Crippen molar-refractivity contribution in [2.24, 2.45) is 7.05 Å². The van der Waals surface area contributed by atoms with Crippen molar-refractivity contribution >= 4 is 11.7 Å². The Morgan fingerprint density at radius 1 is 1.52 bits per heavy atom. The number of nitrogens with zero attached hydrogens (tertiary/aromatic N) is 3. The Balaban J connectivity index is 2.14. The van der Waals surface area contributed by atoms with Gasteiger partial charge in [-0.15, -0.1) is 0 Å². The van der Waals surface area contributed by atoms with Gasteiger partial charge in [-0.05, 0) is 25.1 Å². The van der Waals surface area contributed by atoms with E-state index in [0.29, 0.717) is 24.3 Å². The van der Waals surface area contributed by atoms with Crippen LogP contribution in [0, 0.1) is 11.3 Å². The predicted octanol–water partition coefficient (Wildman–Crippen LogP) is 2.08. The van der Waals surface area contributed by atoms with Crippen molar-refractivity contribution in [2.45, 2.75) is 13.5 Å². The third kappa shape index (κ3) is 3.39. The molecule has 108 valence electrons. The van der Waals surface area contributed by atoms with Crippen LogP contribution in [0.1, 0.15) is 28.5 Å². The Morgan fingerprint density at radius 3 is 3.05 bits per heavy atom. The lowest BCUT2D eigenvalue weighted by molar-refractivity contribution is 0.0525. The highest BCUT2D eigenvalue weighted by atomic mass is 16.5. The SMILES string of the molecule is CCOC(=O)c1cnn(C)c1CNc1cccc(C#N)c1. The number of esters is 1. The summed E-state index contributed by atoms with van der Waals surface area (Å²) >= 11 is 0. The standard InChI is InChI=1S/C15H16N4O2/c1-3-21-15(20)13-9-18-19(2)14(13)10-17-12-6-4-5-11(7-12)8-16/h4-7,9,17H,3,10H2,1-2H3. The van der Waals surface area contributed by atoms with Crippen LogP contribution >= 0.6 is 0 Å². The van der Waals surface area contributed by atoms with Crippen LogP contribution in [0.25, 0.3) is 0 Å². The maximum absolute atomic E-state index is 11.8. The normalized spacial score (nSPS) is 9.95. The molecule has 0 fully saturated rings. The molecule has 2 rings (SSSR count). The molecule has 2 aromatic rings. The van der Waals surface area contributed by atoms with Gasteiger partial charge in [-0.1, -0.05) is 6.07 Å². The molecule has 0 radical (unpaired) electrons. The molecule has 0 bridgehead atoms. The average molecular weight is 284 g/mol. The summed E-state index contributed by atoms with van der Waals surface area (Å²) in [6, 6.07) is 9.24. The van der Waals surface area contributed by atoms with Gasteiger partial charge in [-0.2, -0.15) is 10.4 Å². The summed E-state index contributed by atoms with van der Waals surface area (Å²) < 4.78 is 6.64. The number of rotatable bonds is 5. The molecule has 0 aliphatic carbocycles. The number of nitrogens with one attached hydrogen (secondary N) is 1. The highest BCUT2D eigenvalue weighted by Crippen LogP contribution is 2.14. The van der Waals surface area contributed by atoms with Gasteiger partial charge in [0.15, 0.2) is 0 Å². The molecule has 1 heterocycles. The van der Waals surface area contributed by atoms with E-state index in [4.69, 9.17) is 10.00 Å². The number of anilines is 1. The first-order chi connectivity index (χ1) is 10.2. The zero-order valence-corrected chi connectivity index (χ0v) is 12.0. The third-order valence-corrected chi connectivity index (χ3v) is 3.01. The Hall–Kier alpha value is -2.81. The van der Waals surface area contributed by atoms with Crippen molar-refractivity contribution in [3.05, 3.63) is 47.3 Å². The Bertz CT molecular complexity index is 685. The second-order valence-electron chi connectivity index (χ2n) is 4.40. The van der Waals surface area contributed by atoms with Crippen LogP contribution in [-0.4, -0.2) is 22.4 Å². The van der Waals surface area contributed by atoms with Gasteiger partial charge < -0.3 is 10.1 Å². The predicted molar refractivity (Wildman–Crippen MR) is 77.6 cm³/mol. The minimum Gasteiger partial charge on any atom is -0.462 e. The minimum atomic E-state index is -0.381. The molecule has 6 heteroatoms. The second kappa shape index (κ2) is 6.57. The highest BCUT2D eigenvalue weighted by molar-refractivity contribution is 5.90. The number of hydrogen-bond acceptors (Lipinski definition) is 5. The lowest BCUT2D eigenvalue weighted by Gasteiger charge is -2.09. The van der Waals surface area contributed by atoms with E-state index in [9.17, 15) is 4.79 Å². The quantitative estimate of drug-likeness (QED) is 0.850. The molecule has 0 aliphatic heterocycles. The van der Waals surface area contributed by atoms with Crippen molar-refractivity contribution in [3.8, 4) is 6.07 Å². The number of carbonyl (C=O) groups is 1. The first kappa shape index (κ1) is 14.6. The van der Waals surface area contributed by atoms with Crippen LogP contribution in [-0.2, 0) is 18.3 Å². The van der Waals surface area contributed by atoms with Crippen LogP contribution < -0.4 is 5.32 Å². The first-order valence-electron chi connectivity index (χ1n) is 6.57. The number of nitriles is 1. The minimum absolute atomic E-state index is 0.324. The van der Waals surface area contributed by atoms with E-state index in [1.165, 1.54) is 6.20 Å². The van der Waals surface area contributed by atoms with E-state index >= 15 is 0 Å². The Morgan fingerprint density at radius 2 is 2.33 bits per heavy atom. The van der Waals surface area contributed by atoms with Crippen LogP contribution in [0.2, 0.25) is 0 Å². The third-order valence-electron chi connectivity index (χ3n) is 3.01. The number of benzene rings is 1. The van der Waals surface area contributed by atoms with Crippen molar-refractivity contribution in [1.29, 1.82) is 5.26 Å². The maximum atomic E-state index is 11.8. The fourth-order valence-electron chi connectivity index (χ4n) is 1.94. The molecule has 1 N–H and O–H groups in total. The van der Waals surface area contributed by atoms with E-state index in [-0.39, 0.29) is 5.97 Å². The largest absolute Gasteiger partial charge is 0.462 e. The molecule has 1 aromatic heterocycles. The maximum Gasteiger partial charge on any atom is 0.341 e. The van der Waals surface area contributed by atoms with Crippen molar-refractivity contribution in [3.63, 3.8) is 0 Å². The number of carbonyl (C=O) groups excluding carboxylic acids is 1. The number of aryl methyl sites for hydroxylation is 1. The summed E-state index contributed by atoms with van der Waals surface area (Å²) in [6.45, 7) is 2.50. The van der Waals surface area contributed by atoms with E-state index in [1.807, 2.05) is 6.07 Å². The van der Waals surface area contributed by atoms with Gasteiger partial charge in [0.25, 0.3) is 0 Å². The molecule has 0 spiro atoms. The Labute approximate surface area is 123 Å². The average Bonchev–Trinajstić information content (AvgIpc) is 2.86. The van der Waals surface area contributed by atoms with Crippen LogP contribution in [0.4, 0.5) is 5.69 Å². The highest BCUT2D eigenvalue weighted by Gasteiger charge is 2.16. The zero-order valence-electron chi connectivity index (χ0n) is 12.0. The molecule has 0 amide bonds. The number of hydrogen-bond donors (Lipinski definition) is 1. The van der Waals surface area contributed by atoms with E-state index in [2.05, 4.69) is 16.5 Å². The smallest absolute Gasteiger partial charge is 0.341 e. The molecule has 1 aromatic carbocycles. The summed E-state index contributed by atoms with van der Waals surface area (Å²) in [5, 5.41) is 16.2. The number of ether oxygens (including phenoxy) is 1. The van der Waals surface area contributed by atoms with Gasteiger partial charge in [-0.3, -0.25) is 4.68 Å². The van der Waals surface area contributed by atoms with Crippen LogP contribution in [0.15, 0.2) is 30.5 Å². The molecule has 6 nitrogen and oxygen atoms in total. The Kier molecular flexibility index (Phi) is 4.57. The summed E-state index contributed by atoms with van der Waals surface area (Å²) in [5.41, 5.74) is 2.57. The fraction of sp³-hybridized carbons (Fsp3) is 0.267. The fourth-order valence-corrected chi connectivity index (χ4v) is 1.94. The van der Waals surface area contributed by atoms with Crippen LogP contribution in [0.3, 0.4) is 0 Å². The van der Waals surface area contributed by atoms with E-state index in [0.717, 1.165) is 11.4 Å². The summed E-state index contributed by atoms with van der Waals surface area (Å²) in [7, 11) is 1.77. The van der Waals surface area contributed by atoms with Crippen LogP contribution in [0.5, 0.6) is 0 Å². The lowest BCUT2D eigenvalue weighted by Crippen LogP contribution is -2.12. The van der Waals surface area contributed by atoms with Gasteiger partial charge >= 0.3 is 5.97 Å². The number of aromatic nitrogens is 2. The van der Waals surface area contributed by atoms with Gasteiger partial charge in [-0.25, -0.2) is 4.79 Å². The molecule has 0 saturated carbocycles. The van der Waals surface area contributed by atoms with E-state index in [1.54, 1.807) is 36.9 Å². The van der Waals surface area contributed by atoms with Crippen molar-refractivity contribution in [2.75, 3.05) is 11.9 Å². The van der Waals surface area contributed by atoms with Gasteiger partial charge in [0.2, 0.25) is 0 Å². The second-order valence-corrected chi connectivity index (χ2v) is 4.40. The molecular weight excluding hydrogens is 268 g/mol. The molecule has 0 atom stereocenters. The molecule has 21 heavy (non-hydrogen) atoms. The first-order valence-corrected chi connectivity index (χ1v) is 6.57. The van der Waals surface area contributed by atoms with E-state index < -0.39 is 0 Å². The van der Waals surface area contributed by atoms with Crippen molar-refractivity contribution < 1.29 is 9.53 Å². The van der Waals surface area contributed by atoms with Gasteiger partial charge in [0, 0.05) is 12.7 Å². The molecule has 0 unspecified atom stereocenters. The molecule has 0 aliphatic rings. The lowest BCUT2D eigenvalue weighted by atomic mass is 10.2. The molecule has 0 saturated heterocycles. The zero-order chi connectivity index (χ0) is 15.2. The monoisotopic (exact) mass is 284 g/mol. The topological polar surface area (TPSA) is 79.9 Å². The van der Waals surface area contributed by atoms with Crippen molar-refractivity contribution in [1.82, 2.24) is 9.78 Å². The van der Waals surface area contributed by atoms with Gasteiger partial charge in [0.1, 0.15) is 5.56 Å².